The molecule has 0 amide bonds. The predicted octanol–water partition coefficient (Wildman–Crippen LogP) is 0.831. The maximum absolute atomic E-state index is 10.8. The second-order valence-electron chi connectivity index (χ2n) is 3.89. The van der Waals surface area contributed by atoms with Gasteiger partial charge in [-0.15, -0.1) is 0 Å². The molecule has 78 valence electrons. The van der Waals surface area contributed by atoms with E-state index in [2.05, 4.69) is 5.10 Å². The Labute approximate surface area is 81.9 Å². The smallest absolute Gasteiger partial charge is 0.314 e. The average molecular weight is 198 g/mol. The van der Waals surface area contributed by atoms with Crippen LogP contribution in [0.25, 0.3) is 0 Å². The maximum Gasteiger partial charge on any atom is 0.314 e. The molecule has 0 aliphatic heterocycles. The molecule has 6 nitrogen and oxygen atoms in total. The van der Waals surface area contributed by atoms with Crippen molar-refractivity contribution in [2.45, 2.75) is 26.3 Å². The molecule has 2 N–H and O–H groups in total. The van der Waals surface area contributed by atoms with E-state index in [1.165, 1.54) is 4.68 Å². The zero-order valence-corrected chi connectivity index (χ0v) is 8.74. The van der Waals surface area contributed by atoms with Gasteiger partial charge in [0.1, 0.15) is 11.4 Å². The van der Waals surface area contributed by atoms with Crippen molar-refractivity contribution in [2.75, 3.05) is 0 Å². The molecule has 0 saturated heterocycles. The van der Waals surface area contributed by atoms with Gasteiger partial charge in [-0.2, -0.15) is 5.10 Å². The van der Waals surface area contributed by atoms with E-state index in [9.17, 15) is 10.1 Å². The van der Waals surface area contributed by atoms with Crippen molar-refractivity contribution in [3.05, 3.63) is 21.5 Å². The summed E-state index contributed by atoms with van der Waals surface area (Å²) >= 11 is 0. The molecule has 1 aromatic heterocycles. The van der Waals surface area contributed by atoms with Crippen LogP contribution in [0, 0.1) is 17.0 Å². The molecule has 0 aliphatic carbocycles. The third kappa shape index (κ3) is 1.60. The van der Waals surface area contributed by atoms with E-state index >= 15 is 0 Å². The maximum atomic E-state index is 10.8. The van der Waals surface area contributed by atoms with E-state index in [-0.39, 0.29) is 5.69 Å². The third-order valence-electron chi connectivity index (χ3n) is 1.98. The first kappa shape index (κ1) is 10.6. The molecule has 6 heteroatoms. The van der Waals surface area contributed by atoms with Gasteiger partial charge in [0.2, 0.25) is 0 Å². The lowest BCUT2D eigenvalue weighted by molar-refractivity contribution is -0.386. The van der Waals surface area contributed by atoms with Crippen molar-refractivity contribution in [3.8, 4) is 0 Å². The molecule has 0 bridgehead atoms. The first-order valence-corrected chi connectivity index (χ1v) is 4.22. The zero-order chi connectivity index (χ0) is 11.1. The van der Waals surface area contributed by atoms with Crippen LogP contribution >= 0.6 is 0 Å². The fourth-order valence-corrected chi connectivity index (χ4v) is 1.59. The Kier molecular flexibility index (Phi) is 2.32. The van der Waals surface area contributed by atoms with Crippen LogP contribution in [0.3, 0.4) is 0 Å². The van der Waals surface area contributed by atoms with E-state index in [1.54, 1.807) is 27.8 Å². The van der Waals surface area contributed by atoms with E-state index in [1.807, 2.05) is 0 Å². The minimum Gasteiger partial charge on any atom is -0.320 e. The third-order valence-corrected chi connectivity index (χ3v) is 1.98. The number of hydrogen-bond donors (Lipinski definition) is 1. The van der Waals surface area contributed by atoms with Gasteiger partial charge in [-0.1, -0.05) is 0 Å². The number of nitrogens with zero attached hydrogens (tertiary/aromatic N) is 3. The Hall–Kier alpha value is -1.43. The molecule has 0 radical (unpaired) electrons. The quantitative estimate of drug-likeness (QED) is 0.563. The lowest BCUT2D eigenvalue weighted by atomic mass is 10.0. The molecule has 1 rings (SSSR count). The van der Waals surface area contributed by atoms with Crippen LogP contribution in [0.15, 0.2) is 0 Å². The normalized spacial score (nSPS) is 11.8. The Morgan fingerprint density at radius 2 is 2.07 bits per heavy atom. The minimum atomic E-state index is -0.765. The van der Waals surface area contributed by atoms with Gasteiger partial charge in [-0.25, -0.2) is 0 Å². The highest BCUT2D eigenvalue weighted by Crippen LogP contribution is 2.29. The van der Waals surface area contributed by atoms with Crippen molar-refractivity contribution in [1.82, 2.24) is 9.78 Å². The number of nitro groups is 1. The largest absolute Gasteiger partial charge is 0.320 e. The summed E-state index contributed by atoms with van der Waals surface area (Å²) in [5, 5.41) is 14.8. The van der Waals surface area contributed by atoms with E-state index in [4.69, 9.17) is 5.73 Å². The fourth-order valence-electron chi connectivity index (χ4n) is 1.59. The molecule has 0 saturated carbocycles. The van der Waals surface area contributed by atoms with Gasteiger partial charge in [-0.3, -0.25) is 14.8 Å². The van der Waals surface area contributed by atoms with Crippen molar-refractivity contribution < 1.29 is 4.92 Å². The van der Waals surface area contributed by atoms with E-state index < -0.39 is 10.5 Å². The molecular formula is C8H14N4O2. The van der Waals surface area contributed by atoms with Crippen molar-refractivity contribution >= 4 is 5.69 Å². The zero-order valence-electron chi connectivity index (χ0n) is 8.74. The van der Waals surface area contributed by atoms with Crippen LogP contribution in [0.2, 0.25) is 0 Å². The van der Waals surface area contributed by atoms with Crippen LogP contribution in [0.5, 0.6) is 0 Å². The summed E-state index contributed by atoms with van der Waals surface area (Å²) < 4.78 is 1.47. The van der Waals surface area contributed by atoms with Gasteiger partial charge in [0.15, 0.2) is 0 Å². The number of nitrogens with two attached hydrogens (primary N) is 1. The second-order valence-corrected chi connectivity index (χ2v) is 3.89. The van der Waals surface area contributed by atoms with Crippen LogP contribution in [0.4, 0.5) is 5.69 Å². The lowest BCUT2D eigenvalue weighted by Crippen LogP contribution is -2.32. The van der Waals surface area contributed by atoms with Crippen LogP contribution < -0.4 is 5.73 Å². The van der Waals surface area contributed by atoms with Crippen LogP contribution in [0.1, 0.15) is 25.2 Å². The molecule has 0 spiro atoms. The average Bonchev–Trinajstić information content (AvgIpc) is 2.23. The number of aromatic nitrogens is 2. The lowest BCUT2D eigenvalue weighted by Gasteiger charge is -2.17. The Morgan fingerprint density at radius 1 is 1.57 bits per heavy atom. The van der Waals surface area contributed by atoms with Gasteiger partial charge >= 0.3 is 5.69 Å². The van der Waals surface area contributed by atoms with Gasteiger partial charge < -0.3 is 5.73 Å². The van der Waals surface area contributed by atoms with Crippen LogP contribution in [-0.4, -0.2) is 14.7 Å². The summed E-state index contributed by atoms with van der Waals surface area (Å²) in [7, 11) is 1.66. The Morgan fingerprint density at radius 3 is 2.36 bits per heavy atom. The second kappa shape index (κ2) is 3.06. The fraction of sp³-hybridized carbons (Fsp3) is 0.625. The SMILES string of the molecule is Cc1nn(C)c(C(C)(C)N)c1[N+](=O)[O-]. The molecule has 1 aromatic rings. The van der Waals surface area contributed by atoms with Gasteiger partial charge in [0, 0.05) is 7.05 Å². The number of aryl methyl sites for hydroxylation is 2. The monoisotopic (exact) mass is 198 g/mol. The standard InChI is InChI=1S/C8H14N4O2/c1-5-6(12(13)14)7(8(2,3)9)11(4)10-5/h9H2,1-4H3. The highest BCUT2D eigenvalue weighted by Gasteiger charge is 2.32. The van der Waals surface area contributed by atoms with E-state index in [0.717, 1.165) is 0 Å². The summed E-state index contributed by atoms with van der Waals surface area (Å²) in [4.78, 5) is 10.4. The minimum absolute atomic E-state index is 0.0139. The summed E-state index contributed by atoms with van der Waals surface area (Å²) in [6.45, 7) is 5.04. The highest BCUT2D eigenvalue weighted by atomic mass is 16.6. The Balaban J connectivity index is 3.48. The topological polar surface area (TPSA) is 87.0 Å². The molecule has 0 unspecified atom stereocenters. The van der Waals surface area contributed by atoms with Crippen molar-refractivity contribution in [2.24, 2.45) is 12.8 Å². The number of hydrogen-bond acceptors (Lipinski definition) is 4. The van der Waals surface area contributed by atoms with Gasteiger partial charge in [0.05, 0.1) is 10.5 Å². The number of rotatable bonds is 2. The molecule has 0 aromatic carbocycles. The summed E-state index contributed by atoms with van der Waals surface area (Å²) in [5.74, 6) is 0. The van der Waals surface area contributed by atoms with E-state index in [0.29, 0.717) is 11.4 Å². The molecule has 1 heterocycles. The highest BCUT2D eigenvalue weighted by molar-refractivity contribution is 5.43. The van der Waals surface area contributed by atoms with Gasteiger partial charge in [-0.05, 0) is 20.8 Å². The van der Waals surface area contributed by atoms with Crippen molar-refractivity contribution in [1.29, 1.82) is 0 Å². The molecule has 0 fully saturated rings. The van der Waals surface area contributed by atoms with Crippen LogP contribution in [-0.2, 0) is 12.6 Å². The molecule has 0 aliphatic rings. The molecule has 14 heavy (non-hydrogen) atoms. The summed E-state index contributed by atoms with van der Waals surface area (Å²) in [6.07, 6.45) is 0. The summed E-state index contributed by atoms with van der Waals surface area (Å²) in [5.41, 5.74) is 5.93. The first-order chi connectivity index (χ1) is 6.25. The molecular weight excluding hydrogens is 184 g/mol. The predicted molar refractivity (Wildman–Crippen MR) is 51.8 cm³/mol. The Bertz CT molecular complexity index is 375. The molecule has 0 atom stereocenters. The van der Waals surface area contributed by atoms with Gasteiger partial charge in [0.25, 0.3) is 0 Å². The van der Waals surface area contributed by atoms with Crippen molar-refractivity contribution in [3.63, 3.8) is 0 Å². The first-order valence-electron chi connectivity index (χ1n) is 4.22. The summed E-state index contributed by atoms with van der Waals surface area (Å²) in [6, 6.07) is 0.